The number of nitrogens with zero attached hydrogens (tertiary/aromatic N) is 1. The monoisotopic (exact) mass is 243 g/mol. The van der Waals surface area contributed by atoms with Gasteiger partial charge in [0.2, 0.25) is 0 Å². The van der Waals surface area contributed by atoms with Gasteiger partial charge in [-0.05, 0) is 38.9 Å². The van der Waals surface area contributed by atoms with Crippen molar-refractivity contribution in [2.24, 2.45) is 0 Å². The first-order valence-corrected chi connectivity index (χ1v) is 6.07. The molecule has 0 aromatic carbocycles. The van der Waals surface area contributed by atoms with Crippen LogP contribution in [-0.4, -0.2) is 24.5 Å². The molecular formula is C12H27NNi+2. The van der Waals surface area contributed by atoms with E-state index >= 15 is 0 Å². The zero-order valence-corrected chi connectivity index (χ0v) is 11.1. The van der Waals surface area contributed by atoms with Gasteiger partial charge >= 0.3 is 16.5 Å². The molecule has 0 fully saturated rings. The zero-order valence-electron chi connectivity index (χ0n) is 10.1. The summed E-state index contributed by atoms with van der Waals surface area (Å²) in [6.07, 6.45) is 8.09. The Morgan fingerprint density at radius 2 is 0.929 bits per heavy atom. The molecule has 0 aliphatic carbocycles. The average Bonchev–Trinajstić information content (AvgIpc) is 2.17. The summed E-state index contributed by atoms with van der Waals surface area (Å²) in [5, 5.41) is 0. The van der Waals surface area contributed by atoms with Gasteiger partial charge in [0, 0.05) is 0 Å². The molecule has 0 rings (SSSR count). The second-order valence-electron chi connectivity index (χ2n) is 3.90. The van der Waals surface area contributed by atoms with Crippen molar-refractivity contribution in [3.8, 4) is 0 Å². The number of hydrogen-bond donors (Lipinski definition) is 0. The Labute approximate surface area is 101 Å². The third kappa shape index (κ3) is 10.5. The van der Waals surface area contributed by atoms with Gasteiger partial charge in [-0.25, -0.2) is 0 Å². The molecule has 14 heavy (non-hydrogen) atoms. The third-order valence-electron chi connectivity index (χ3n) is 2.48. The van der Waals surface area contributed by atoms with Crippen molar-refractivity contribution in [3.63, 3.8) is 0 Å². The molecule has 0 bridgehead atoms. The van der Waals surface area contributed by atoms with Gasteiger partial charge in [-0.15, -0.1) is 0 Å². The summed E-state index contributed by atoms with van der Waals surface area (Å²) >= 11 is 0. The Bertz CT molecular complexity index is 77.3. The van der Waals surface area contributed by atoms with Crippen LogP contribution in [0, 0.1) is 0 Å². The van der Waals surface area contributed by atoms with Crippen LogP contribution in [0.5, 0.6) is 0 Å². The molecule has 0 amide bonds. The molecule has 0 aliphatic heterocycles. The minimum Gasteiger partial charge on any atom is -0.303 e. The SMILES string of the molecule is CCCCN(CCCC)CCCC.[Ni+2]. The zero-order chi connectivity index (χ0) is 9.94. The summed E-state index contributed by atoms with van der Waals surface area (Å²) in [6.45, 7) is 10.8. The van der Waals surface area contributed by atoms with Crippen LogP contribution in [0.4, 0.5) is 0 Å². The minimum atomic E-state index is 0. The predicted octanol–water partition coefficient (Wildman–Crippen LogP) is 3.69. The van der Waals surface area contributed by atoms with Crippen LogP contribution in [0.15, 0.2) is 0 Å². The van der Waals surface area contributed by atoms with Crippen molar-refractivity contribution >= 4 is 0 Å². The topological polar surface area (TPSA) is 3.24 Å². The summed E-state index contributed by atoms with van der Waals surface area (Å²) in [4.78, 5) is 2.64. The molecule has 1 nitrogen and oxygen atoms in total. The molecule has 0 atom stereocenters. The standard InChI is InChI=1S/C12H27N.Ni/c1-4-7-10-13(11-8-5-2)12-9-6-3;/h4-12H2,1-3H3;/q;+2. The van der Waals surface area contributed by atoms with Gasteiger partial charge in [-0.3, -0.25) is 0 Å². The molecule has 0 radical (unpaired) electrons. The summed E-state index contributed by atoms with van der Waals surface area (Å²) in [5.41, 5.74) is 0. The maximum Gasteiger partial charge on any atom is 2.00 e. The largest absolute Gasteiger partial charge is 2.00 e. The Hall–Kier alpha value is 0.454. The van der Waals surface area contributed by atoms with Crippen molar-refractivity contribution in [1.29, 1.82) is 0 Å². The molecule has 0 saturated heterocycles. The van der Waals surface area contributed by atoms with Crippen LogP contribution in [0.2, 0.25) is 0 Å². The first kappa shape index (κ1) is 16.9. The van der Waals surface area contributed by atoms with Crippen LogP contribution in [0.1, 0.15) is 59.3 Å². The van der Waals surface area contributed by atoms with Gasteiger partial charge in [-0.1, -0.05) is 40.0 Å². The molecule has 2 heteroatoms. The Morgan fingerprint density at radius 1 is 0.643 bits per heavy atom. The van der Waals surface area contributed by atoms with E-state index in [2.05, 4.69) is 25.7 Å². The van der Waals surface area contributed by atoms with E-state index in [-0.39, 0.29) is 16.5 Å². The van der Waals surface area contributed by atoms with E-state index in [0.717, 1.165) is 0 Å². The van der Waals surface area contributed by atoms with Crippen LogP contribution < -0.4 is 0 Å². The summed E-state index contributed by atoms with van der Waals surface area (Å²) in [7, 11) is 0. The fourth-order valence-electron chi connectivity index (χ4n) is 1.48. The Kier molecular flexibility index (Phi) is 16.2. The summed E-state index contributed by atoms with van der Waals surface area (Å²) in [6, 6.07) is 0. The molecule has 0 aromatic rings. The first-order chi connectivity index (χ1) is 6.35. The minimum absolute atomic E-state index is 0. The van der Waals surface area contributed by atoms with Gasteiger partial charge in [-0.2, -0.15) is 0 Å². The van der Waals surface area contributed by atoms with Crippen molar-refractivity contribution in [3.05, 3.63) is 0 Å². The maximum atomic E-state index is 2.64. The van der Waals surface area contributed by atoms with Crippen LogP contribution in [0.3, 0.4) is 0 Å². The van der Waals surface area contributed by atoms with Crippen molar-refractivity contribution in [2.45, 2.75) is 59.3 Å². The van der Waals surface area contributed by atoms with Crippen LogP contribution in [-0.2, 0) is 16.5 Å². The van der Waals surface area contributed by atoms with Crippen molar-refractivity contribution < 1.29 is 16.5 Å². The third-order valence-corrected chi connectivity index (χ3v) is 2.48. The second kappa shape index (κ2) is 13.5. The van der Waals surface area contributed by atoms with Gasteiger partial charge in [0.15, 0.2) is 0 Å². The second-order valence-corrected chi connectivity index (χ2v) is 3.90. The number of hydrogen-bond acceptors (Lipinski definition) is 1. The quantitative estimate of drug-likeness (QED) is 0.559. The van der Waals surface area contributed by atoms with E-state index in [1.54, 1.807) is 0 Å². The molecule has 0 saturated carbocycles. The predicted molar refractivity (Wildman–Crippen MR) is 61.2 cm³/mol. The molecule has 0 aliphatic rings. The van der Waals surface area contributed by atoms with E-state index in [4.69, 9.17) is 0 Å². The molecule has 0 unspecified atom stereocenters. The van der Waals surface area contributed by atoms with E-state index < -0.39 is 0 Å². The Morgan fingerprint density at radius 3 is 1.14 bits per heavy atom. The molecule has 88 valence electrons. The van der Waals surface area contributed by atoms with E-state index in [0.29, 0.717) is 0 Å². The Balaban J connectivity index is 0. The van der Waals surface area contributed by atoms with Gasteiger partial charge < -0.3 is 4.90 Å². The van der Waals surface area contributed by atoms with Crippen molar-refractivity contribution in [2.75, 3.05) is 19.6 Å². The fraction of sp³-hybridized carbons (Fsp3) is 1.00. The van der Waals surface area contributed by atoms with Gasteiger partial charge in [0.25, 0.3) is 0 Å². The number of rotatable bonds is 9. The normalized spacial score (nSPS) is 10.3. The van der Waals surface area contributed by atoms with Gasteiger partial charge in [0.05, 0.1) is 0 Å². The molecule has 0 N–H and O–H groups in total. The van der Waals surface area contributed by atoms with E-state index in [1.165, 1.54) is 58.2 Å². The van der Waals surface area contributed by atoms with Crippen LogP contribution in [0.25, 0.3) is 0 Å². The molecular weight excluding hydrogens is 217 g/mol. The molecule has 0 heterocycles. The summed E-state index contributed by atoms with van der Waals surface area (Å²) < 4.78 is 0. The van der Waals surface area contributed by atoms with E-state index in [1.807, 2.05) is 0 Å². The van der Waals surface area contributed by atoms with Crippen LogP contribution >= 0.6 is 0 Å². The van der Waals surface area contributed by atoms with E-state index in [9.17, 15) is 0 Å². The fourth-order valence-corrected chi connectivity index (χ4v) is 1.48. The van der Waals surface area contributed by atoms with Crippen molar-refractivity contribution in [1.82, 2.24) is 4.90 Å². The van der Waals surface area contributed by atoms with Gasteiger partial charge in [0.1, 0.15) is 0 Å². The molecule has 0 spiro atoms. The maximum absolute atomic E-state index is 2.64. The molecule has 0 aromatic heterocycles. The smallest absolute Gasteiger partial charge is 0.303 e. The average molecular weight is 244 g/mol. The first-order valence-electron chi connectivity index (χ1n) is 6.07. The number of unbranched alkanes of at least 4 members (excludes halogenated alkanes) is 3. The summed E-state index contributed by atoms with van der Waals surface area (Å²) in [5.74, 6) is 0.